The normalized spacial score (nSPS) is 12.0. The molecule has 0 aliphatic heterocycles. The van der Waals surface area contributed by atoms with Crippen molar-refractivity contribution < 1.29 is 28.5 Å². The van der Waals surface area contributed by atoms with E-state index in [1.165, 1.54) is 36.4 Å². The van der Waals surface area contributed by atoms with Crippen LogP contribution in [0.1, 0.15) is 53.7 Å². The van der Waals surface area contributed by atoms with Gasteiger partial charge in [0.2, 0.25) is 0 Å². The maximum absolute atomic E-state index is 13.5. The molecule has 2 heterocycles. The zero-order valence-electron chi connectivity index (χ0n) is 27.5. The van der Waals surface area contributed by atoms with Crippen LogP contribution in [0.2, 0.25) is 0 Å². The van der Waals surface area contributed by atoms with Gasteiger partial charge in [0.1, 0.15) is 23.0 Å². The van der Waals surface area contributed by atoms with Gasteiger partial charge in [-0.2, -0.15) is 0 Å². The van der Waals surface area contributed by atoms with E-state index in [4.69, 9.17) is 41.2 Å². The molecule has 4 aromatic rings. The van der Waals surface area contributed by atoms with Gasteiger partial charge in [-0.15, -0.1) is 12.8 Å². The molecular formula is C31H36F2N12O4S2. The van der Waals surface area contributed by atoms with Crippen LogP contribution in [-0.4, -0.2) is 66.2 Å². The van der Waals surface area contributed by atoms with Crippen LogP contribution in [-0.2, 0) is 32.1 Å². The molecule has 8 N–H and O–H groups in total. The lowest BCUT2D eigenvalue weighted by Crippen LogP contribution is -2.22. The summed E-state index contributed by atoms with van der Waals surface area (Å²) in [5.74, 6) is 4.65. The zero-order chi connectivity index (χ0) is 37.6. The molecular weight excluding hydrogens is 707 g/mol. The largest absolute Gasteiger partial charge is 0.290 e. The molecule has 0 saturated heterocycles. The summed E-state index contributed by atoms with van der Waals surface area (Å²) in [6, 6.07) is 7.88. The molecule has 16 nitrogen and oxygen atoms in total. The number of nitrogens with one attached hydrogen (secondary N) is 6. The predicted molar refractivity (Wildman–Crippen MR) is 188 cm³/mol. The van der Waals surface area contributed by atoms with Gasteiger partial charge in [0.25, 0.3) is 0 Å². The van der Waals surface area contributed by atoms with Gasteiger partial charge in [-0.05, 0) is 72.4 Å². The number of nitrogens with zero attached hydrogens (tertiary/aromatic N) is 6. The molecule has 0 fully saturated rings. The lowest BCUT2D eigenvalue weighted by atomic mass is 10.2. The van der Waals surface area contributed by atoms with Crippen molar-refractivity contribution in [2.75, 3.05) is 23.5 Å². The Morgan fingerprint density at radius 2 is 1.22 bits per heavy atom. The van der Waals surface area contributed by atoms with Gasteiger partial charge in [0.05, 0.1) is 22.5 Å². The van der Waals surface area contributed by atoms with Gasteiger partial charge in [-0.1, -0.05) is 48.3 Å². The molecule has 2 aromatic carbocycles. The number of aliphatic imine (C=N–C) groups is 2. The third-order valence-corrected chi connectivity index (χ3v) is 9.91. The molecule has 2 aromatic heterocycles. The van der Waals surface area contributed by atoms with E-state index in [1.54, 1.807) is 6.26 Å². The number of rotatable bonds is 13. The first kappa shape index (κ1) is 39.9. The standard InChI is InChI=1S/C16H19FN6O2S.C15H17FN6O2S/c1-3-11-10-12(7-8-13(11)17)20-16(21-24)15-14(22-25-23-15)6-5-9-26(18,19)4-2;1-3-10-9-11(6-7-12(10)16)19-15(20-23)14-13(21-24-22-14)5-4-8-25(2,17)18/h1,7-8,10,18-19,24H,4-6,9H2,2H3,(H,20,21);1,6-7,9,17-18,23H,4-5,8H2,2H3,(H,19,20). The minimum atomic E-state index is -2.10. The number of aromatic nitrogens is 4. The van der Waals surface area contributed by atoms with Crippen LogP contribution in [0.25, 0.3) is 0 Å². The van der Waals surface area contributed by atoms with Crippen molar-refractivity contribution in [2.45, 2.75) is 32.6 Å². The molecule has 0 atom stereocenters. The smallest absolute Gasteiger partial charge is 0.181 e. The highest BCUT2D eigenvalue weighted by Crippen LogP contribution is 2.20. The Labute approximate surface area is 293 Å². The van der Waals surface area contributed by atoms with E-state index in [1.807, 2.05) is 17.9 Å². The minimum Gasteiger partial charge on any atom is -0.290 e. The van der Waals surface area contributed by atoms with E-state index < -0.39 is 30.9 Å². The van der Waals surface area contributed by atoms with Gasteiger partial charge in [-0.25, -0.2) is 28.0 Å². The van der Waals surface area contributed by atoms with Gasteiger partial charge in [-0.3, -0.25) is 40.5 Å². The molecule has 0 radical (unpaired) electrons. The Balaban J connectivity index is 0.000000276. The molecule has 0 saturated carbocycles. The second-order valence-corrected chi connectivity index (χ2v) is 16.1. The monoisotopic (exact) mass is 742 g/mol. The first-order valence-electron chi connectivity index (χ1n) is 14.9. The summed E-state index contributed by atoms with van der Waals surface area (Å²) in [4.78, 5) is 8.31. The number of amidine groups is 2. The lowest BCUT2D eigenvalue weighted by molar-refractivity contribution is 0.233. The van der Waals surface area contributed by atoms with Gasteiger partial charge < -0.3 is 0 Å². The Kier molecular flexibility index (Phi) is 14.4. The summed E-state index contributed by atoms with van der Waals surface area (Å²) in [5, 5.41) is 33.8. The number of aryl methyl sites for hydroxylation is 2. The van der Waals surface area contributed by atoms with Crippen molar-refractivity contribution in [2.24, 2.45) is 9.98 Å². The lowest BCUT2D eigenvalue weighted by Gasteiger charge is -2.07. The molecule has 0 spiro atoms. The molecule has 0 unspecified atom stereocenters. The topological polar surface area (TPSA) is 262 Å². The first-order valence-corrected chi connectivity index (χ1v) is 19.1. The average molecular weight is 743 g/mol. The fraction of sp³-hybridized carbons (Fsp3) is 0.290. The highest BCUT2D eigenvalue weighted by atomic mass is 32.2. The summed E-state index contributed by atoms with van der Waals surface area (Å²) < 4.78 is 67.3. The predicted octanol–water partition coefficient (Wildman–Crippen LogP) is 5.37. The number of hydrogen-bond acceptors (Lipinski definition) is 14. The Morgan fingerprint density at radius 1 is 0.784 bits per heavy atom. The van der Waals surface area contributed by atoms with Crippen LogP contribution in [0.4, 0.5) is 20.2 Å². The number of benzene rings is 2. The molecule has 270 valence electrons. The highest BCUT2D eigenvalue weighted by molar-refractivity contribution is 7.93. The molecule has 0 aliphatic rings. The third kappa shape index (κ3) is 12.1. The SMILES string of the molecule is C#Cc1cc(N=C(NO)c2nonc2CCCS(=N)(=N)CC)ccc1F.C#Cc1cc(N=C(NO)c2nonc2CCCS(C)(=N)=N)ccc1F. The Hall–Kier alpha value is -5.54. The molecule has 0 amide bonds. The minimum absolute atomic E-state index is 0.0262. The highest BCUT2D eigenvalue weighted by Gasteiger charge is 2.18. The van der Waals surface area contributed by atoms with Crippen molar-refractivity contribution in [1.82, 2.24) is 31.6 Å². The maximum atomic E-state index is 13.5. The van der Waals surface area contributed by atoms with E-state index >= 15 is 0 Å². The van der Waals surface area contributed by atoms with Gasteiger partial charge >= 0.3 is 0 Å². The number of halogens is 2. The fourth-order valence-corrected chi connectivity index (χ4v) is 5.81. The zero-order valence-corrected chi connectivity index (χ0v) is 29.2. The van der Waals surface area contributed by atoms with Crippen molar-refractivity contribution in [3.63, 3.8) is 0 Å². The number of hydrogen-bond donors (Lipinski definition) is 8. The van der Waals surface area contributed by atoms with Crippen molar-refractivity contribution in [3.05, 3.63) is 81.9 Å². The molecule has 0 bridgehead atoms. The van der Waals surface area contributed by atoms with E-state index in [-0.39, 0.29) is 34.2 Å². The number of hydroxylamine groups is 2. The summed E-state index contributed by atoms with van der Waals surface area (Å²) in [6.07, 6.45) is 14.0. The van der Waals surface area contributed by atoms with E-state index in [9.17, 15) is 19.2 Å². The molecule has 0 aliphatic carbocycles. The van der Waals surface area contributed by atoms with Crippen LogP contribution < -0.4 is 11.0 Å². The van der Waals surface area contributed by atoms with Crippen LogP contribution in [0, 0.1) is 55.4 Å². The fourth-order valence-electron chi connectivity index (χ4n) is 4.17. The molecule has 4 rings (SSSR count). The average Bonchev–Trinajstić information content (AvgIpc) is 3.77. The number of terminal acetylenes is 2. The van der Waals surface area contributed by atoms with Crippen molar-refractivity contribution in [1.29, 1.82) is 19.1 Å². The Morgan fingerprint density at radius 3 is 1.59 bits per heavy atom. The molecule has 20 heteroatoms. The second kappa shape index (κ2) is 18.5. The summed E-state index contributed by atoms with van der Waals surface area (Å²) >= 11 is 0. The van der Waals surface area contributed by atoms with Gasteiger partial charge in [0.15, 0.2) is 23.1 Å². The quantitative estimate of drug-likeness (QED) is 0.0376. The van der Waals surface area contributed by atoms with Crippen molar-refractivity contribution >= 4 is 42.3 Å². The summed E-state index contributed by atoms with van der Waals surface area (Å²) in [6.45, 7) is 1.83. The van der Waals surface area contributed by atoms with E-state index in [0.717, 1.165) is 0 Å². The summed E-state index contributed by atoms with van der Waals surface area (Å²) in [5.41, 5.74) is 5.86. The summed E-state index contributed by atoms with van der Waals surface area (Å²) in [7, 11) is -4.20. The van der Waals surface area contributed by atoms with E-state index in [2.05, 4.69) is 42.5 Å². The van der Waals surface area contributed by atoms with Crippen LogP contribution in [0.5, 0.6) is 0 Å². The Bertz CT molecular complexity index is 2190. The van der Waals surface area contributed by atoms with E-state index in [0.29, 0.717) is 65.7 Å². The first-order chi connectivity index (χ1) is 24.2. The van der Waals surface area contributed by atoms with Crippen LogP contribution >= 0.6 is 0 Å². The maximum Gasteiger partial charge on any atom is 0.181 e. The van der Waals surface area contributed by atoms with Gasteiger partial charge in [0, 0.05) is 23.5 Å². The molecule has 51 heavy (non-hydrogen) atoms. The van der Waals surface area contributed by atoms with Crippen LogP contribution in [0.15, 0.2) is 55.6 Å². The van der Waals surface area contributed by atoms with Crippen LogP contribution in [0.3, 0.4) is 0 Å². The van der Waals surface area contributed by atoms with Crippen molar-refractivity contribution in [3.8, 4) is 24.7 Å². The second-order valence-electron chi connectivity index (χ2n) is 10.8. The third-order valence-electron chi connectivity index (χ3n) is 6.83.